The lowest BCUT2D eigenvalue weighted by atomic mass is 9.78. The Morgan fingerprint density at radius 3 is 2.41 bits per heavy atom. The molecular formula is C25H28F2OS. The Labute approximate surface area is 175 Å². The predicted octanol–water partition coefficient (Wildman–Crippen LogP) is 7.97. The molecule has 0 bridgehead atoms. The fraction of sp³-hybridized carbons (Fsp3) is 0.440. The molecule has 1 nitrogen and oxygen atoms in total. The van der Waals surface area contributed by atoms with Gasteiger partial charge in [-0.3, -0.25) is 0 Å². The van der Waals surface area contributed by atoms with Gasteiger partial charge in [0.05, 0.1) is 11.3 Å². The Hall–Kier alpha value is -1.94. The minimum absolute atomic E-state index is 0.0587. The van der Waals surface area contributed by atoms with Gasteiger partial charge in [0.2, 0.25) is 0 Å². The molecule has 1 heterocycles. The molecule has 0 atom stereocenters. The summed E-state index contributed by atoms with van der Waals surface area (Å²) in [6, 6.07) is 11.7. The van der Waals surface area contributed by atoms with E-state index >= 15 is 0 Å². The van der Waals surface area contributed by atoms with Crippen LogP contribution in [0.4, 0.5) is 8.78 Å². The molecule has 0 N–H and O–H groups in total. The highest BCUT2D eigenvalue weighted by molar-refractivity contribution is 7.19. The van der Waals surface area contributed by atoms with Gasteiger partial charge in [-0.15, -0.1) is 11.3 Å². The van der Waals surface area contributed by atoms with Gasteiger partial charge in [0.15, 0.2) is 11.6 Å². The van der Waals surface area contributed by atoms with Gasteiger partial charge >= 0.3 is 0 Å². The number of ether oxygens (including phenoxy) is 1. The molecule has 4 rings (SSSR count). The summed E-state index contributed by atoms with van der Waals surface area (Å²) in [4.78, 5) is 1.26. The third kappa shape index (κ3) is 4.18. The van der Waals surface area contributed by atoms with E-state index in [1.165, 1.54) is 4.88 Å². The van der Waals surface area contributed by atoms with Gasteiger partial charge in [-0.2, -0.15) is 0 Å². The van der Waals surface area contributed by atoms with Crippen molar-refractivity contribution < 1.29 is 13.5 Å². The van der Waals surface area contributed by atoms with Crippen molar-refractivity contribution in [1.82, 2.24) is 0 Å². The number of fused-ring (bicyclic) bond motifs is 1. The molecule has 2 aromatic carbocycles. The summed E-state index contributed by atoms with van der Waals surface area (Å²) in [6.45, 7) is 4.40. The van der Waals surface area contributed by atoms with E-state index in [1.807, 2.05) is 19.1 Å². The van der Waals surface area contributed by atoms with Crippen LogP contribution in [0.3, 0.4) is 0 Å². The normalized spacial score (nSPS) is 19.6. The molecule has 0 amide bonds. The first-order valence-corrected chi connectivity index (χ1v) is 11.5. The van der Waals surface area contributed by atoms with Crippen molar-refractivity contribution in [3.8, 4) is 5.75 Å². The van der Waals surface area contributed by atoms with Crippen LogP contribution in [-0.4, -0.2) is 6.61 Å². The van der Waals surface area contributed by atoms with Gasteiger partial charge in [0.1, 0.15) is 5.82 Å². The molecule has 0 radical (unpaired) electrons. The minimum Gasteiger partial charge on any atom is -0.491 e. The first-order valence-electron chi connectivity index (χ1n) is 10.7. The van der Waals surface area contributed by atoms with Crippen molar-refractivity contribution in [1.29, 1.82) is 0 Å². The van der Waals surface area contributed by atoms with E-state index in [2.05, 4.69) is 19.1 Å². The number of hydrogen-bond donors (Lipinski definition) is 0. The van der Waals surface area contributed by atoms with Crippen LogP contribution >= 0.6 is 11.3 Å². The van der Waals surface area contributed by atoms with E-state index in [1.54, 1.807) is 23.5 Å². The van der Waals surface area contributed by atoms with Crippen molar-refractivity contribution in [2.75, 3.05) is 6.61 Å². The summed E-state index contributed by atoms with van der Waals surface area (Å²) < 4.78 is 35.1. The predicted molar refractivity (Wildman–Crippen MR) is 117 cm³/mol. The smallest absolute Gasteiger partial charge is 0.182 e. The van der Waals surface area contributed by atoms with E-state index in [0.717, 1.165) is 55.0 Å². The molecule has 1 fully saturated rings. The molecule has 4 heteroatoms. The molecule has 1 aliphatic rings. The van der Waals surface area contributed by atoms with Crippen LogP contribution in [0.5, 0.6) is 5.75 Å². The van der Waals surface area contributed by atoms with Crippen molar-refractivity contribution in [2.45, 2.75) is 64.2 Å². The first-order chi connectivity index (χ1) is 14.1. The number of halogens is 2. The lowest BCUT2D eigenvalue weighted by molar-refractivity contribution is 0.323. The summed E-state index contributed by atoms with van der Waals surface area (Å²) in [5, 5.41) is 0.960. The second-order valence-electron chi connectivity index (χ2n) is 8.03. The Morgan fingerprint density at radius 1 is 0.966 bits per heavy atom. The Bertz CT molecular complexity index is 986. The summed E-state index contributed by atoms with van der Waals surface area (Å²) in [7, 11) is 0. The van der Waals surface area contributed by atoms with E-state index in [-0.39, 0.29) is 11.6 Å². The maximum absolute atomic E-state index is 14.7. The second kappa shape index (κ2) is 8.83. The fourth-order valence-electron chi connectivity index (χ4n) is 4.54. The van der Waals surface area contributed by atoms with Gasteiger partial charge in [0, 0.05) is 4.88 Å². The maximum Gasteiger partial charge on any atom is 0.182 e. The summed E-state index contributed by atoms with van der Waals surface area (Å²) in [6.07, 6.45) is 6.00. The third-order valence-electron chi connectivity index (χ3n) is 6.11. The van der Waals surface area contributed by atoms with Gasteiger partial charge in [-0.05, 0) is 91.6 Å². The molecule has 0 saturated heterocycles. The highest BCUT2D eigenvalue weighted by Crippen LogP contribution is 2.45. The monoisotopic (exact) mass is 414 g/mol. The summed E-state index contributed by atoms with van der Waals surface area (Å²) in [5.41, 5.74) is 1.95. The van der Waals surface area contributed by atoms with Crippen LogP contribution < -0.4 is 4.74 Å². The third-order valence-corrected chi connectivity index (χ3v) is 7.41. The lowest BCUT2D eigenvalue weighted by Crippen LogP contribution is -2.11. The SMILES string of the molecule is CCCc1ccc(C2CCC(c3cc4ccc(OCC)c(F)c4s3)CC2)cc1F. The average molecular weight is 415 g/mol. The zero-order valence-electron chi connectivity index (χ0n) is 17.1. The van der Waals surface area contributed by atoms with E-state index in [4.69, 9.17) is 4.74 Å². The quantitative estimate of drug-likeness (QED) is 0.397. The highest BCUT2D eigenvalue weighted by atomic mass is 32.1. The Kier molecular flexibility index (Phi) is 6.19. The van der Waals surface area contributed by atoms with Crippen LogP contribution in [0.25, 0.3) is 10.1 Å². The van der Waals surface area contributed by atoms with Gasteiger partial charge in [-0.25, -0.2) is 8.78 Å². The zero-order chi connectivity index (χ0) is 20.4. The lowest BCUT2D eigenvalue weighted by Gasteiger charge is -2.28. The fourth-order valence-corrected chi connectivity index (χ4v) is 5.80. The molecule has 154 valence electrons. The molecule has 1 saturated carbocycles. The van der Waals surface area contributed by atoms with Gasteiger partial charge < -0.3 is 4.74 Å². The van der Waals surface area contributed by atoms with Crippen molar-refractivity contribution in [3.05, 3.63) is 64.0 Å². The van der Waals surface area contributed by atoms with Gasteiger partial charge in [-0.1, -0.05) is 25.5 Å². The second-order valence-corrected chi connectivity index (χ2v) is 9.11. The molecule has 1 aliphatic carbocycles. The van der Waals surface area contributed by atoms with Crippen LogP contribution in [0.2, 0.25) is 0 Å². The zero-order valence-corrected chi connectivity index (χ0v) is 18.0. The van der Waals surface area contributed by atoms with Crippen molar-refractivity contribution in [3.63, 3.8) is 0 Å². The van der Waals surface area contributed by atoms with Gasteiger partial charge in [0.25, 0.3) is 0 Å². The molecule has 0 unspecified atom stereocenters. The number of aryl methyl sites for hydroxylation is 1. The topological polar surface area (TPSA) is 9.23 Å². The Balaban J connectivity index is 1.47. The largest absolute Gasteiger partial charge is 0.491 e. The number of thiophene rings is 1. The Morgan fingerprint density at radius 2 is 1.72 bits per heavy atom. The number of rotatable bonds is 6. The summed E-state index contributed by atoms with van der Waals surface area (Å²) in [5.74, 6) is 0.925. The molecule has 1 aromatic heterocycles. The van der Waals surface area contributed by atoms with Crippen LogP contribution in [0.15, 0.2) is 36.4 Å². The van der Waals surface area contributed by atoms with Crippen LogP contribution in [0, 0.1) is 11.6 Å². The average Bonchev–Trinajstić information content (AvgIpc) is 3.17. The van der Waals surface area contributed by atoms with E-state index in [9.17, 15) is 8.78 Å². The minimum atomic E-state index is -0.239. The van der Waals surface area contributed by atoms with Crippen molar-refractivity contribution >= 4 is 21.4 Å². The van der Waals surface area contributed by atoms with Crippen molar-refractivity contribution in [2.24, 2.45) is 0 Å². The summed E-state index contributed by atoms with van der Waals surface area (Å²) >= 11 is 1.56. The molecule has 0 aliphatic heterocycles. The molecule has 0 spiro atoms. The molecule has 3 aromatic rings. The van der Waals surface area contributed by atoms with Crippen LogP contribution in [-0.2, 0) is 6.42 Å². The van der Waals surface area contributed by atoms with E-state index < -0.39 is 0 Å². The standard InChI is InChI=1S/C25H28F2OS/c1-3-5-17-8-11-19(14-21(17)26)16-6-9-18(10-7-16)23-15-20-12-13-22(28-4-2)24(27)25(20)29-23/h8,11-16,18H,3-7,9-10H2,1-2H3. The highest BCUT2D eigenvalue weighted by Gasteiger charge is 2.26. The number of benzene rings is 2. The maximum atomic E-state index is 14.7. The molecule has 29 heavy (non-hydrogen) atoms. The van der Waals surface area contributed by atoms with E-state index in [0.29, 0.717) is 28.9 Å². The first kappa shape index (κ1) is 20.3. The molecular weight excluding hydrogens is 386 g/mol. The number of hydrogen-bond acceptors (Lipinski definition) is 2. The van der Waals surface area contributed by atoms with Crippen LogP contribution in [0.1, 0.15) is 73.8 Å².